The quantitative estimate of drug-likeness (QED) is 0.793. The molecule has 2 heterocycles. The molecule has 16 heavy (non-hydrogen) atoms. The third-order valence-corrected chi connectivity index (χ3v) is 4.79. The number of rotatable bonds is 2. The smallest absolute Gasteiger partial charge is 0.240 e. The van der Waals surface area contributed by atoms with E-state index in [0.717, 1.165) is 37.1 Å². The van der Waals surface area contributed by atoms with E-state index in [0.29, 0.717) is 5.91 Å². The maximum Gasteiger partial charge on any atom is 0.240 e. The minimum absolute atomic E-state index is 0.0805. The molecule has 2 aliphatic rings. The number of carbonyl (C=O) groups excluding carboxylic acids is 1. The number of piperidine rings is 1. The van der Waals surface area contributed by atoms with E-state index in [1.165, 1.54) is 19.3 Å². The third kappa shape index (κ3) is 2.92. The van der Waals surface area contributed by atoms with Gasteiger partial charge < -0.3 is 10.2 Å². The van der Waals surface area contributed by atoms with E-state index >= 15 is 0 Å². The van der Waals surface area contributed by atoms with Crippen molar-refractivity contribution in [2.24, 2.45) is 5.92 Å². The lowest BCUT2D eigenvalue weighted by molar-refractivity contribution is -0.134. The van der Waals surface area contributed by atoms with Gasteiger partial charge in [0.2, 0.25) is 5.91 Å². The molecule has 0 aromatic heterocycles. The summed E-state index contributed by atoms with van der Waals surface area (Å²) in [6.45, 7) is 5.17. The van der Waals surface area contributed by atoms with E-state index in [1.807, 2.05) is 11.8 Å². The first kappa shape index (κ1) is 12.2. The molecule has 1 unspecified atom stereocenters. The van der Waals surface area contributed by atoms with Crippen molar-refractivity contribution in [1.29, 1.82) is 0 Å². The maximum absolute atomic E-state index is 12.2. The fourth-order valence-corrected chi connectivity index (χ4v) is 3.43. The summed E-state index contributed by atoms with van der Waals surface area (Å²) in [4.78, 5) is 14.3. The standard InChI is InChI=1S/C12H22N2OS/c1-2-10-3-6-14(7-4-10)12(15)11-9-16-8-5-13-11/h10-11,13H,2-9H2,1H3. The molecule has 1 N–H and O–H groups in total. The molecule has 3 nitrogen and oxygen atoms in total. The molecule has 2 aliphatic heterocycles. The summed E-state index contributed by atoms with van der Waals surface area (Å²) in [6, 6.07) is 0.0805. The zero-order valence-corrected chi connectivity index (χ0v) is 10.9. The fourth-order valence-electron chi connectivity index (χ4n) is 2.51. The highest BCUT2D eigenvalue weighted by molar-refractivity contribution is 7.99. The zero-order valence-electron chi connectivity index (χ0n) is 10.1. The Hall–Kier alpha value is -0.220. The second kappa shape index (κ2) is 5.92. The van der Waals surface area contributed by atoms with Gasteiger partial charge in [0.05, 0.1) is 6.04 Å². The van der Waals surface area contributed by atoms with Crippen LogP contribution in [0.25, 0.3) is 0 Å². The van der Waals surface area contributed by atoms with Crippen molar-refractivity contribution in [3.05, 3.63) is 0 Å². The second-order valence-corrected chi connectivity index (χ2v) is 5.91. The predicted octanol–water partition coefficient (Wildman–Crippen LogP) is 1.34. The Morgan fingerprint density at radius 2 is 2.19 bits per heavy atom. The molecule has 0 spiro atoms. The Balaban J connectivity index is 1.81. The Labute approximate surface area is 102 Å². The summed E-state index contributed by atoms with van der Waals surface area (Å²) >= 11 is 1.89. The zero-order chi connectivity index (χ0) is 11.4. The molecule has 0 aromatic rings. The van der Waals surface area contributed by atoms with Crippen LogP contribution >= 0.6 is 11.8 Å². The van der Waals surface area contributed by atoms with Crippen molar-refractivity contribution in [1.82, 2.24) is 10.2 Å². The van der Waals surface area contributed by atoms with Crippen molar-refractivity contribution in [3.63, 3.8) is 0 Å². The monoisotopic (exact) mass is 242 g/mol. The van der Waals surface area contributed by atoms with Crippen LogP contribution in [-0.4, -0.2) is 48.0 Å². The van der Waals surface area contributed by atoms with Crippen molar-refractivity contribution in [3.8, 4) is 0 Å². The molecule has 0 aromatic carbocycles. The number of thioether (sulfide) groups is 1. The summed E-state index contributed by atoms with van der Waals surface area (Å²) in [6.07, 6.45) is 3.66. The SMILES string of the molecule is CCC1CCN(C(=O)C2CSCCN2)CC1. The van der Waals surface area contributed by atoms with Crippen molar-refractivity contribution >= 4 is 17.7 Å². The second-order valence-electron chi connectivity index (χ2n) is 4.76. The highest BCUT2D eigenvalue weighted by atomic mass is 32.2. The normalized spacial score (nSPS) is 28.1. The number of amides is 1. The van der Waals surface area contributed by atoms with E-state index < -0.39 is 0 Å². The lowest BCUT2D eigenvalue weighted by atomic mass is 9.94. The van der Waals surface area contributed by atoms with Crippen LogP contribution in [0.2, 0.25) is 0 Å². The molecule has 2 rings (SSSR count). The first-order valence-electron chi connectivity index (χ1n) is 6.41. The number of likely N-dealkylation sites (tertiary alicyclic amines) is 1. The number of nitrogens with one attached hydrogen (secondary N) is 1. The predicted molar refractivity (Wildman–Crippen MR) is 68.7 cm³/mol. The van der Waals surface area contributed by atoms with Gasteiger partial charge in [0.1, 0.15) is 0 Å². The Morgan fingerprint density at radius 1 is 1.44 bits per heavy atom. The highest BCUT2D eigenvalue weighted by Gasteiger charge is 2.28. The third-order valence-electron chi connectivity index (χ3n) is 3.72. The average Bonchev–Trinajstić information content (AvgIpc) is 2.39. The van der Waals surface area contributed by atoms with Crippen LogP contribution in [0.3, 0.4) is 0 Å². The first-order chi connectivity index (χ1) is 7.81. The number of nitrogens with zero attached hydrogens (tertiary/aromatic N) is 1. The number of carbonyl (C=O) groups is 1. The van der Waals surface area contributed by atoms with Crippen LogP contribution in [0.1, 0.15) is 26.2 Å². The molecule has 1 atom stereocenters. The van der Waals surface area contributed by atoms with Crippen molar-refractivity contribution in [2.45, 2.75) is 32.2 Å². The lowest BCUT2D eigenvalue weighted by Crippen LogP contribution is -2.52. The van der Waals surface area contributed by atoms with E-state index in [-0.39, 0.29) is 6.04 Å². The van der Waals surface area contributed by atoms with Gasteiger partial charge in [-0.2, -0.15) is 11.8 Å². The topological polar surface area (TPSA) is 32.3 Å². The molecule has 2 saturated heterocycles. The summed E-state index contributed by atoms with van der Waals surface area (Å²) < 4.78 is 0. The van der Waals surface area contributed by atoms with E-state index in [1.54, 1.807) is 0 Å². The Bertz CT molecular complexity index is 233. The molecule has 4 heteroatoms. The number of hydrogen-bond donors (Lipinski definition) is 1. The molecule has 1 amide bonds. The Morgan fingerprint density at radius 3 is 2.75 bits per heavy atom. The van der Waals surface area contributed by atoms with Crippen LogP contribution in [-0.2, 0) is 4.79 Å². The Kier molecular flexibility index (Phi) is 4.53. The summed E-state index contributed by atoms with van der Waals surface area (Å²) in [5.74, 6) is 3.27. The lowest BCUT2D eigenvalue weighted by Gasteiger charge is -2.35. The van der Waals surface area contributed by atoms with Crippen molar-refractivity contribution < 1.29 is 4.79 Å². The van der Waals surface area contributed by atoms with E-state index in [2.05, 4.69) is 17.1 Å². The van der Waals surface area contributed by atoms with Crippen LogP contribution in [0.4, 0.5) is 0 Å². The van der Waals surface area contributed by atoms with Gasteiger partial charge in [-0.25, -0.2) is 0 Å². The average molecular weight is 242 g/mol. The fraction of sp³-hybridized carbons (Fsp3) is 0.917. The van der Waals surface area contributed by atoms with Crippen LogP contribution in [0, 0.1) is 5.92 Å². The maximum atomic E-state index is 12.2. The van der Waals surface area contributed by atoms with Gasteiger partial charge in [0, 0.05) is 31.1 Å². The molecular weight excluding hydrogens is 220 g/mol. The largest absolute Gasteiger partial charge is 0.341 e. The van der Waals surface area contributed by atoms with Gasteiger partial charge in [-0.15, -0.1) is 0 Å². The molecule has 0 saturated carbocycles. The minimum atomic E-state index is 0.0805. The van der Waals surface area contributed by atoms with Gasteiger partial charge >= 0.3 is 0 Å². The summed E-state index contributed by atoms with van der Waals surface area (Å²) in [5.41, 5.74) is 0. The summed E-state index contributed by atoms with van der Waals surface area (Å²) in [7, 11) is 0. The van der Waals surface area contributed by atoms with Gasteiger partial charge in [-0.05, 0) is 18.8 Å². The molecule has 0 aliphatic carbocycles. The van der Waals surface area contributed by atoms with Gasteiger partial charge in [0.15, 0.2) is 0 Å². The minimum Gasteiger partial charge on any atom is -0.341 e. The summed E-state index contributed by atoms with van der Waals surface area (Å²) in [5, 5.41) is 3.33. The van der Waals surface area contributed by atoms with Gasteiger partial charge in [0.25, 0.3) is 0 Å². The first-order valence-corrected chi connectivity index (χ1v) is 7.56. The van der Waals surface area contributed by atoms with Gasteiger partial charge in [-0.1, -0.05) is 13.3 Å². The van der Waals surface area contributed by atoms with Gasteiger partial charge in [-0.3, -0.25) is 4.79 Å². The molecule has 0 radical (unpaired) electrons. The van der Waals surface area contributed by atoms with Crippen LogP contribution in [0.5, 0.6) is 0 Å². The molecular formula is C12H22N2OS. The molecule has 2 fully saturated rings. The highest BCUT2D eigenvalue weighted by Crippen LogP contribution is 2.21. The van der Waals surface area contributed by atoms with Crippen LogP contribution in [0.15, 0.2) is 0 Å². The molecule has 92 valence electrons. The van der Waals surface area contributed by atoms with E-state index in [9.17, 15) is 4.79 Å². The van der Waals surface area contributed by atoms with E-state index in [4.69, 9.17) is 0 Å². The number of hydrogen-bond acceptors (Lipinski definition) is 3. The van der Waals surface area contributed by atoms with Crippen molar-refractivity contribution in [2.75, 3.05) is 31.1 Å². The van der Waals surface area contributed by atoms with Crippen LogP contribution < -0.4 is 5.32 Å². The molecule has 0 bridgehead atoms.